The Labute approximate surface area is 101 Å². The molecule has 1 atom stereocenters. The van der Waals surface area contributed by atoms with Crippen molar-refractivity contribution < 1.29 is 34.8 Å². The van der Waals surface area contributed by atoms with Crippen LogP contribution in [0.1, 0.15) is 0 Å². The van der Waals surface area contributed by atoms with Crippen molar-refractivity contribution in [2.24, 2.45) is 0 Å². The van der Waals surface area contributed by atoms with Crippen LogP contribution in [-0.2, 0) is 4.74 Å². The number of ether oxygens (including phenoxy) is 1. The van der Waals surface area contributed by atoms with Gasteiger partial charge in [-0.05, 0) is 14.1 Å². The van der Waals surface area contributed by atoms with Crippen molar-refractivity contribution in [3.05, 3.63) is 0 Å². The maximum absolute atomic E-state index is 13.2. The molecular weight excluding hydrogens is 292 g/mol. The summed E-state index contributed by atoms with van der Waals surface area (Å²) < 4.78 is 67.5. The molecule has 114 valence electrons. The maximum Gasteiger partial charge on any atom is -1.00 e. The first-order valence-corrected chi connectivity index (χ1v) is 6.37. The molecule has 1 aliphatic heterocycles. The summed E-state index contributed by atoms with van der Waals surface area (Å²) in [7, 11) is -5.08. The molecule has 0 radical (unpaired) electrons. The number of hydrogen-bond donors (Lipinski definition) is 0. The maximum atomic E-state index is 13.2. The van der Waals surface area contributed by atoms with Gasteiger partial charge in [-0.2, -0.15) is 0 Å². The van der Waals surface area contributed by atoms with Gasteiger partial charge in [0.2, 0.25) is 6.42 Å². The third-order valence-corrected chi connectivity index (χ3v) is 1.77. The Bertz CT molecular complexity index is 213. The monoisotopic (exact) mass is 307 g/mol. The first kappa shape index (κ1) is 20.1. The summed E-state index contributed by atoms with van der Waals surface area (Å²) in [5.74, 6) is 0. The predicted octanol–water partition coefficient (Wildman–Crippen LogP) is 0.0995. The zero-order valence-corrected chi connectivity index (χ0v) is 10.7. The molecule has 1 aliphatic rings. The molecule has 1 saturated heterocycles. The summed E-state index contributed by atoms with van der Waals surface area (Å²) in [4.78, 5) is 3.33. The van der Waals surface area contributed by atoms with E-state index >= 15 is 0 Å². The summed E-state index contributed by atoms with van der Waals surface area (Å²) in [5.41, 5.74) is 0. The van der Waals surface area contributed by atoms with Gasteiger partial charge in [0.1, 0.15) is 0 Å². The smallest absolute Gasteiger partial charge is 1.00 e. The van der Waals surface area contributed by atoms with Gasteiger partial charge in [0.15, 0.2) is 0 Å². The molecule has 0 bridgehead atoms. The average molecular weight is 307 g/mol. The van der Waals surface area contributed by atoms with Crippen LogP contribution >= 0.6 is 8.16 Å². The van der Waals surface area contributed by atoms with E-state index in [1.165, 1.54) is 0 Å². The van der Waals surface area contributed by atoms with Crippen molar-refractivity contribution in [1.29, 1.82) is 0 Å². The quantitative estimate of drug-likeness (QED) is 0.409. The molecule has 0 spiro atoms. The predicted molar refractivity (Wildman–Crippen MR) is 53.4 cm³/mol. The van der Waals surface area contributed by atoms with E-state index in [9.17, 15) is 25.4 Å². The minimum absolute atomic E-state index is 0. The molecule has 1 unspecified atom stereocenters. The van der Waals surface area contributed by atoms with E-state index in [2.05, 4.69) is 0 Å². The van der Waals surface area contributed by atoms with E-state index in [4.69, 9.17) is 4.74 Å². The van der Waals surface area contributed by atoms with E-state index in [1.54, 1.807) is 23.9 Å². The summed E-state index contributed by atoms with van der Waals surface area (Å²) in [6, 6.07) is 0. The Morgan fingerprint density at radius 1 is 1.06 bits per heavy atom. The zero-order chi connectivity index (χ0) is 13.7. The average Bonchev–Trinajstić information content (AvgIpc) is 2.14. The molecule has 18 heavy (non-hydrogen) atoms. The molecule has 1 heterocycles. The summed E-state index contributed by atoms with van der Waals surface area (Å²) >= 11 is 0. The van der Waals surface area contributed by atoms with Crippen LogP contribution in [0.25, 0.3) is 0 Å². The van der Waals surface area contributed by atoms with Crippen molar-refractivity contribution in [2.45, 2.75) is 6.42 Å². The minimum atomic E-state index is -8.55. The number of hydrogen-bond acceptors (Lipinski definition) is 3. The summed E-state index contributed by atoms with van der Waals surface area (Å²) in [5, 5.41) is 0. The second-order valence-electron chi connectivity index (χ2n) is 3.56. The second kappa shape index (κ2) is 7.42. The van der Waals surface area contributed by atoms with Crippen LogP contribution in [0.5, 0.6) is 0 Å². The van der Waals surface area contributed by atoms with Crippen LogP contribution in [0.3, 0.4) is 0 Å². The largest absolute Gasteiger partial charge is 1.00 e. The van der Waals surface area contributed by atoms with Gasteiger partial charge in [0.05, 0.1) is 13.2 Å². The third kappa shape index (κ3) is 13.9. The standard InChI is InChI=1S/C7H15FN2O.F5P.FH/c1-9(2)7(8)10-3-5-11-6-4-10;1-6(2,3,4)5;/h7H,3-6H2,1-2H3;;1H/p-1. The van der Waals surface area contributed by atoms with Crippen LogP contribution in [0.4, 0.5) is 25.4 Å². The summed E-state index contributed by atoms with van der Waals surface area (Å²) in [6.07, 6.45) is -0.959. The van der Waals surface area contributed by atoms with Crippen molar-refractivity contribution in [3.63, 3.8) is 0 Å². The summed E-state index contributed by atoms with van der Waals surface area (Å²) in [6.45, 7) is 2.68. The Balaban J connectivity index is 0. The van der Waals surface area contributed by atoms with Gasteiger partial charge in [0.25, 0.3) is 0 Å². The fourth-order valence-electron chi connectivity index (χ4n) is 1.12. The fourth-order valence-corrected chi connectivity index (χ4v) is 1.12. The van der Waals surface area contributed by atoms with E-state index in [0.717, 1.165) is 0 Å². The molecule has 1 rings (SSSR count). The molecule has 0 N–H and O–H groups in total. The first-order valence-electron chi connectivity index (χ1n) is 4.68. The van der Waals surface area contributed by atoms with Gasteiger partial charge in [-0.3, -0.25) is 9.80 Å². The number of morpholine rings is 1. The number of alkyl halides is 1. The molecule has 0 amide bonds. The number of halogens is 7. The van der Waals surface area contributed by atoms with Gasteiger partial charge in [-0.25, -0.2) is 4.39 Å². The van der Waals surface area contributed by atoms with Crippen LogP contribution in [0.2, 0.25) is 0 Å². The van der Waals surface area contributed by atoms with E-state index in [0.29, 0.717) is 26.3 Å². The molecule has 0 aromatic heterocycles. The van der Waals surface area contributed by atoms with Crippen molar-refractivity contribution in [3.8, 4) is 0 Å². The minimum Gasteiger partial charge on any atom is -1.00 e. The fraction of sp³-hybridized carbons (Fsp3) is 1.00. The molecule has 0 aliphatic carbocycles. The molecule has 1 fully saturated rings. The van der Waals surface area contributed by atoms with Gasteiger partial charge >= 0.3 is 29.1 Å². The number of rotatable bonds is 2. The third-order valence-electron chi connectivity index (χ3n) is 1.77. The molecule has 11 heteroatoms. The van der Waals surface area contributed by atoms with Crippen LogP contribution in [0.15, 0.2) is 0 Å². The Hall–Kier alpha value is -0.180. The van der Waals surface area contributed by atoms with Gasteiger partial charge in [-0.15, -0.1) is 0 Å². The zero-order valence-electron chi connectivity index (χ0n) is 9.80. The van der Waals surface area contributed by atoms with Crippen LogP contribution in [0, 0.1) is 0 Å². The second-order valence-corrected chi connectivity index (χ2v) is 4.84. The molecule has 3 nitrogen and oxygen atoms in total. The van der Waals surface area contributed by atoms with E-state index in [1.807, 2.05) is 0 Å². The van der Waals surface area contributed by atoms with E-state index in [-0.39, 0.29) is 4.70 Å². The molecule has 0 saturated carbocycles. The SMILES string of the molecule is CN(C)C(F)N1CCOCC1.FP(F)(F)(F)F.[F-]. The molecular formula is C7H15F7N2OP-. The Kier molecular flexibility index (Phi) is 8.30. The molecule has 0 aromatic carbocycles. The van der Waals surface area contributed by atoms with Gasteiger partial charge < -0.3 is 9.44 Å². The Morgan fingerprint density at radius 2 is 1.39 bits per heavy atom. The number of nitrogens with zero attached hydrogens (tertiary/aromatic N) is 2. The van der Waals surface area contributed by atoms with Crippen LogP contribution < -0.4 is 4.70 Å². The van der Waals surface area contributed by atoms with Crippen molar-refractivity contribution in [2.75, 3.05) is 40.4 Å². The van der Waals surface area contributed by atoms with Crippen molar-refractivity contribution >= 4 is 8.16 Å². The normalized spacial score (nSPS) is 21.1. The van der Waals surface area contributed by atoms with E-state index < -0.39 is 14.6 Å². The van der Waals surface area contributed by atoms with Crippen LogP contribution in [-0.4, -0.2) is 56.6 Å². The first-order chi connectivity index (χ1) is 7.45. The van der Waals surface area contributed by atoms with Gasteiger partial charge in [0, 0.05) is 13.1 Å². The molecule has 0 aromatic rings. The topological polar surface area (TPSA) is 15.7 Å². The Morgan fingerprint density at radius 3 is 1.67 bits per heavy atom. The van der Waals surface area contributed by atoms with Gasteiger partial charge in [-0.1, -0.05) is 0 Å². The van der Waals surface area contributed by atoms with Crippen molar-refractivity contribution in [1.82, 2.24) is 9.80 Å².